The Labute approximate surface area is 209 Å². The molecule has 1 aliphatic carbocycles. The molecule has 1 aromatic rings. The van der Waals surface area contributed by atoms with Crippen molar-refractivity contribution in [2.24, 2.45) is 0 Å². The van der Waals surface area contributed by atoms with Crippen LogP contribution in [-0.4, -0.2) is 71.7 Å². The zero-order valence-corrected chi connectivity index (χ0v) is 19.8. The highest BCUT2D eigenvalue weighted by molar-refractivity contribution is 6.30. The van der Waals surface area contributed by atoms with Gasteiger partial charge >= 0.3 is 12.5 Å². The van der Waals surface area contributed by atoms with E-state index >= 15 is 0 Å². The largest absolute Gasteiger partial charge is 0.522 e. The first-order valence-corrected chi connectivity index (χ1v) is 11.7. The van der Waals surface area contributed by atoms with Crippen molar-refractivity contribution < 1.29 is 46.5 Å². The van der Waals surface area contributed by atoms with E-state index in [4.69, 9.17) is 16.3 Å². The molecule has 1 aromatic carbocycles. The van der Waals surface area contributed by atoms with Gasteiger partial charge in [0.2, 0.25) is 5.91 Å². The van der Waals surface area contributed by atoms with Gasteiger partial charge in [-0.15, -0.1) is 13.2 Å². The van der Waals surface area contributed by atoms with Crippen LogP contribution >= 0.6 is 11.6 Å². The number of carbonyl (C=O) groups excluding carboxylic acids is 2. The minimum atomic E-state index is -4.71. The molecule has 2 atom stereocenters. The maximum Gasteiger partial charge on any atom is 0.522 e. The molecule has 0 spiro atoms. The lowest BCUT2D eigenvalue weighted by molar-refractivity contribution is -0.345. The summed E-state index contributed by atoms with van der Waals surface area (Å²) in [5.74, 6) is -1.69. The summed E-state index contributed by atoms with van der Waals surface area (Å²) in [4.78, 5) is 37.7. The average Bonchev–Trinajstić information content (AvgIpc) is 2.80. The van der Waals surface area contributed by atoms with Crippen LogP contribution in [0.15, 0.2) is 18.2 Å². The number of amides is 3. The number of hydrogen-bond donors (Lipinski definition) is 3. The number of hydrogen-bond acceptors (Lipinski definition) is 5. The van der Waals surface area contributed by atoms with Crippen LogP contribution in [0.3, 0.4) is 0 Å². The first kappa shape index (κ1) is 27.8. The molecule has 36 heavy (non-hydrogen) atoms. The van der Waals surface area contributed by atoms with Gasteiger partial charge in [-0.1, -0.05) is 11.6 Å². The number of carbonyl (C=O) groups is 3. The maximum atomic E-state index is 13.5. The Hall–Kier alpha value is -2.80. The van der Waals surface area contributed by atoms with Crippen molar-refractivity contribution >= 4 is 29.5 Å². The summed E-state index contributed by atoms with van der Waals surface area (Å²) >= 11 is 5.59. The Morgan fingerprint density at radius 3 is 2.33 bits per heavy atom. The number of benzene rings is 1. The second-order valence-corrected chi connectivity index (χ2v) is 9.11. The highest BCUT2D eigenvalue weighted by atomic mass is 35.5. The van der Waals surface area contributed by atoms with Gasteiger partial charge in [0.15, 0.2) is 6.61 Å². The van der Waals surface area contributed by atoms with Crippen molar-refractivity contribution in [3.8, 4) is 5.75 Å². The van der Waals surface area contributed by atoms with Crippen LogP contribution in [-0.2, 0) is 14.3 Å². The molecular formula is C22H26ClF4N3O6. The topological polar surface area (TPSA) is 117 Å². The van der Waals surface area contributed by atoms with Crippen LogP contribution in [0.5, 0.6) is 5.75 Å². The van der Waals surface area contributed by atoms with E-state index in [-0.39, 0.29) is 55.5 Å². The molecule has 14 heteroatoms. The number of carboxylic acid groups (broad SMARTS) is 1. The molecular weight excluding hydrogens is 514 g/mol. The van der Waals surface area contributed by atoms with E-state index in [1.54, 1.807) is 0 Å². The number of likely N-dealkylation sites (tertiary alicyclic amines) is 1. The summed E-state index contributed by atoms with van der Waals surface area (Å²) in [7, 11) is 0. The Morgan fingerprint density at radius 2 is 1.72 bits per heavy atom. The predicted molar refractivity (Wildman–Crippen MR) is 118 cm³/mol. The fraction of sp³-hybridized carbons (Fsp3) is 0.591. The van der Waals surface area contributed by atoms with E-state index in [0.717, 1.165) is 11.0 Å². The predicted octanol–water partition coefficient (Wildman–Crippen LogP) is 3.45. The van der Waals surface area contributed by atoms with Crippen molar-refractivity contribution in [3.05, 3.63) is 29.0 Å². The summed E-state index contributed by atoms with van der Waals surface area (Å²) in [6.45, 7) is -0.573. The van der Waals surface area contributed by atoms with Crippen LogP contribution in [0, 0.1) is 5.82 Å². The van der Waals surface area contributed by atoms with Gasteiger partial charge in [-0.3, -0.25) is 19.2 Å². The number of nitrogens with zero attached hydrogens (tertiary/aromatic N) is 1. The number of rotatable bonds is 7. The third-order valence-electron chi connectivity index (χ3n) is 6.08. The second kappa shape index (κ2) is 12.0. The standard InChI is InChI=1S/C22H26ClF4N3O6/c23-16-7-6-15(9-17(16)24)35-11-19(31)28-13-3-8-18(30(10-13)21(33)34)20(32)29-12-1-4-14(5-2-12)36-22(25,26)27/h6-7,9,12-14,18H,1-5,8,10-11H2,(H,28,31)(H,29,32)(H,33,34)/t12-,13-,14+,18+/m0/s1. The van der Waals surface area contributed by atoms with E-state index in [1.807, 2.05) is 0 Å². The number of nitrogens with one attached hydrogen (secondary N) is 2. The van der Waals surface area contributed by atoms with Gasteiger partial charge in [0.05, 0.1) is 11.1 Å². The van der Waals surface area contributed by atoms with Crippen LogP contribution in [0.2, 0.25) is 5.02 Å². The van der Waals surface area contributed by atoms with Gasteiger partial charge in [-0.2, -0.15) is 0 Å². The molecule has 1 aliphatic heterocycles. The third-order valence-corrected chi connectivity index (χ3v) is 6.38. The van der Waals surface area contributed by atoms with Gasteiger partial charge in [-0.25, -0.2) is 9.18 Å². The van der Waals surface area contributed by atoms with Crippen molar-refractivity contribution in [2.45, 2.75) is 69.1 Å². The Balaban J connectivity index is 1.46. The molecule has 2 fully saturated rings. The van der Waals surface area contributed by atoms with Crippen LogP contribution in [0.1, 0.15) is 38.5 Å². The molecule has 2 aliphatic rings. The Kier molecular flexibility index (Phi) is 9.23. The maximum absolute atomic E-state index is 13.5. The van der Waals surface area contributed by atoms with Crippen molar-refractivity contribution in [1.82, 2.24) is 15.5 Å². The lowest BCUT2D eigenvalue weighted by Crippen LogP contribution is -2.59. The third kappa shape index (κ3) is 8.12. The van der Waals surface area contributed by atoms with E-state index in [9.17, 15) is 37.1 Å². The minimum Gasteiger partial charge on any atom is -0.484 e. The average molecular weight is 540 g/mol. The normalized spacial score (nSPS) is 24.6. The zero-order valence-electron chi connectivity index (χ0n) is 19.0. The molecule has 200 valence electrons. The number of ether oxygens (including phenoxy) is 2. The van der Waals surface area contributed by atoms with Gasteiger partial charge in [0.1, 0.15) is 17.6 Å². The first-order chi connectivity index (χ1) is 16.9. The van der Waals surface area contributed by atoms with E-state index < -0.39 is 54.9 Å². The minimum absolute atomic E-state index is 0.0930. The first-order valence-electron chi connectivity index (χ1n) is 11.3. The van der Waals surface area contributed by atoms with Gasteiger partial charge < -0.3 is 20.5 Å². The fourth-order valence-electron chi connectivity index (χ4n) is 4.37. The summed E-state index contributed by atoms with van der Waals surface area (Å²) in [5, 5.41) is 14.9. The molecule has 0 bridgehead atoms. The van der Waals surface area contributed by atoms with E-state index in [0.29, 0.717) is 6.42 Å². The fourth-order valence-corrected chi connectivity index (χ4v) is 4.49. The Morgan fingerprint density at radius 1 is 1.06 bits per heavy atom. The molecule has 1 heterocycles. The van der Waals surface area contributed by atoms with Crippen LogP contribution < -0.4 is 15.4 Å². The zero-order chi connectivity index (χ0) is 26.5. The molecule has 1 saturated heterocycles. The summed E-state index contributed by atoms with van der Waals surface area (Å²) in [5.41, 5.74) is 0. The lowest BCUT2D eigenvalue weighted by Gasteiger charge is -2.38. The van der Waals surface area contributed by atoms with Crippen molar-refractivity contribution in [1.29, 1.82) is 0 Å². The quantitative estimate of drug-likeness (QED) is 0.457. The molecule has 1 saturated carbocycles. The monoisotopic (exact) mass is 539 g/mol. The number of piperidine rings is 1. The Bertz CT molecular complexity index is 958. The molecule has 9 nitrogen and oxygen atoms in total. The molecule has 0 radical (unpaired) electrons. The second-order valence-electron chi connectivity index (χ2n) is 8.70. The van der Waals surface area contributed by atoms with Gasteiger partial charge in [0.25, 0.3) is 5.91 Å². The summed E-state index contributed by atoms with van der Waals surface area (Å²) in [6.07, 6.45) is -5.76. The van der Waals surface area contributed by atoms with Crippen molar-refractivity contribution in [3.63, 3.8) is 0 Å². The van der Waals surface area contributed by atoms with Gasteiger partial charge in [-0.05, 0) is 50.7 Å². The van der Waals surface area contributed by atoms with Crippen LogP contribution in [0.25, 0.3) is 0 Å². The molecule has 0 unspecified atom stereocenters. The van der Waals surface area contributed by atoms with E-state index in [1.165, 1.54) is 12.1 Å². The van der Waals surface area contributed by atoms with E-state index in [2.05, 4.69) is 15.4 Å². The molecule has 3 rings (SSSR count). The van der Waals surface area contributed by atoms with Gasteiger partial charge in [0, 0.05) is 24.7 Å². The van der Waals surface area contributed by atoms with Crippen LogP contribution in [0.4, 0.5) is 22.4 Å². The number of alkyl halides is 3. The summed E-state index contributed by atoms with van der Waals surface area (Å²) < 4.78 is 59.8. The smallest absolute Gasteiger partial charge is 0.484 e. The molecule has 3 amide bonds. The number of halogens is 5. The lowest BCUT2D eigenvalue weighted by atomic mass is 9.92. The highest BCUT2D eigenvalue weighted by Crippen LogP contribution is 2.28. The molecule has 0 aromatic heterocycles. The SMILES string of the molecule is O=C(COc1ccc(Cl)c(F)c1)N[C@H]1CC[C@H](C(=O)N[C@H]2CC[C@@H](OC(F)(F)F)CC2)N(C(=O)O)C1. The summed E-state index contributed by atoms with van der Waals surface area (Å²) in [6, 6.07) is 1.76. The van der Waals surface area contributed by atoms with Crippen molar-refractivity contribution in [2.75, 3.05) is 13.2 Å². The highest BCUT2D eigenvalue weighted by Gasteiger charge is 2.39. The molecule has 3 N–H and O–H groups in total.